The molecule has 1 aliphatic carbocycles. The highest BCUT2D eigenvalue weighted by Gasteiger charge is 2.39. The van der Waals surface area contributed by atoms with Crippen LogP contribution in [-0.2, 0) is 36.7 Å². The molecule has 0 bridgehead atoms. The molecule has 0 radical (unpaired) electrons. The molecule has 4 rings (SSSR count). The van der Waals surface area contributed by atoms with Crippen molar-refractivity contribution in [2.75, 3.05) is 13.7 Å². The number of ether oxygens (including phenoxy) is 2. The van der Waals surface area contributed by atoms with E-state index < -0.39 is 23.7 Å². The molecule has 202 valence electrons. The number of esters is 1. The van der Waals surface area contributed by atoms with Crippen molar-refractivity contribution in [3.63, 3.8) is 0 Å². The Labute approximate surface area is 220 Å². The van der Waals surface area contributed by atoms with Crippen LogP contribution in [0.2, 0.25) is 0 Å². The van der Waals surface area contributed by atoms with Crippen LogP contribution in [0.4, 0.5) is 13.2 Å². The number of Topliss-reactive ketones (excluding diaryl/α,β-unsaturated/α-hetero) is 1. The molecule has 2 heterocycles. The van der Waals surface area contributed by atoms with Crippen LogP contribution < -0.4 is 10.5 Å². The molecule has 0 spiro atoms. The lowest BCUT2D eigenvalue weighted by atomic mass is 9.95. The number of nitrogens with two attached hydrogens (primary N) is 1. The monoisotopic (exact) mass is 549 g/mol. The maximum Gasteiger partial charge on any atom is 0.435 e. The van der Waals surface area contributed by atoms with Crippen LogP contribution in [0.15, 0.2) is 24.3 Å². The van der Waals surface area contributed by atoms with Crippen molar-refractivity contribution in [1.29, 1.82) is 0 Å². The van der Waals surface area contributed by atoms with Gasteiger partial charge in [0.1, 0.15) is 12.4 Å². The quantitative estimate of drug-likeness (QED) is 0.310. The van der Waals surface area contributed by atoms with E-state index in [0.717, 1.165) is 17.8 Å². The van der Waals surface area contributed by atoms with Crippen molar-refractivity contribution in [2.45, 2.75) is 51.7 Å². The lowest BCUT2D eigenvalue weighted by Gasteiger charge is -2.15. The molecular formula is C26H26F3N3O5S. The Kier molecular flexibility index (Phi) is 7.91. The zero-order chi connectivity index (χ0) is 27.6. The molecule has 12 heteroatoms. The predicted octanol–water partition coefficient (Wildman–Crippen LogP) is 4.54. The highest BCUT2D eigenvalue weighted by Crippen LogP contribution is 2.36. The highest BCUT2D eigenvalue weighted by molar-refractivity contribution is 7.14. The number of fused-ring (bicyclic) bond motifs is 1. The third kappa shape index (κ3) is 5.59. The number of ketones is 1. The Morgan fingerprint density at radius 1 is 1.13 bits per heavy atom. The predicted molar refractivity (Wildman–Crippen MR) is 133 cm³/mol. The van der Waals surface area contributed by atoms with Crippen LogP contribution in [0.25, 0.3) is 0 Å². The normalized spacial score (nSPS) is 13.2. The van der Waals surface area contributed by atoms with Gasteiger partial charge in [0.25, 0.3) is 5.91 Å². The molecule has 0 saturated carbocycles. The average Bonchev–Trinajstić information content (AvgIpc) is 3.42. The van der Waals surface area contributed by atoms with Crippen LogP contribution in [0.1, 0.15) is 70.6 Å². The van der Waals surface area contributed by atoms with Gasteiger partial charge in [-0.05, 0) is 62.4 Å². The maximum atomic E-state index is 13.4. The maximum absolute atomic E-state index is 13.4. The molecule has 0 aliphatic heterocycles. The van der Waals surface area contributed by atoms with E-state index in [1.54, 1.807) is 31.2 Å². The Morgan fingerprint density at radius 3 is 2.45 bits per heavy atom. The lowest BCUT2D eigenvalue weighted by Crippen LogP contribution is -2.14. The SMILES string of the molecule is COC(=O)c1c(CC(=O)c2ccc(OCCn3nc(C(F)(F)F)c4c3CCCC4)cc2)sc(C(N)=O)c1C. The largest absolute Gasteiger partial charge is 0.492 e. The number of thiophene rings is 1. The number of benzene rings is 1. The van der Waals surface area contributed by atoms with E-state index in [9.17, 15) is 27.6 Å². The van der Waals surface area contributed by atoms with Crippen molar-refractivity contribution >= 4 is 29.0 Å². The van der Waals surface area contributed by atoms with Gasteiger partial charge in [-0.2, -0.15) is 18.3 Å². The molecule has 0 saturated heterocycles. The molecule has 0 atom stereocenters. The second-order valence-electron chi connectivity index (χ2n) is 8.88. The van der Waals surface area contributed by atoms with Crippen LogP contribution >= 0.6 is 11.3 Å². The van der Waals surface area contributed by atoms with Crippen molar-refractivity contribution < 1.29 is 37.0 Å². The van der Waals surface area contributed by atoms with Gasteiger partial charge in [-0.25, -0.2) is 4.79 Å². The summed E-state index contributed by atoms with van der Waals surface area (Å²) in [7, 11) is 1.21. The Balaban J connectivity index is 1.41. The molecule has 2 N–H and O–H groups in total. The van der Waals surface area contributed by atoms with E-state index in [4.69, 9.17) is 15.2 Å². The summed E-state index contributed by atoms with van der Waals surface area (Å²) in [5.74, 6) is -1.19. The number of rotatable bonds is 9. The van der Waals surface area contributed by atoms with E-state index in [1.807, 2.05) is 0 Å². The zero-order valence-corrected chi connectivity index (χ0v) is 21.6. The number of amides is 1. The van der Waals surface area contributed by atoms with E-state index in [-0.39, 0.29) is 41.4 Å². The first kappa shape index (κ1) is 27.4. The Hall–Kier alpha value is -3.67. The van der Waals surface area contributed by atoms with Crippen molar-refractivity contribution in [1.82, 2.24) is 9.78 Å². The third-order valence-corrected chi connectivity index (χ3v) is 7.73. The number of primary amides is 1. The topological polar surface area (TPSA) is 114 Å². The number of aromatic nitrogens is 2. The van der Waals surface area contributed by atoms with E-state index >= 15 is 0 Å². The number of methoxy groups -OCH3 is 1. The van der Waals surface area contributed by atoms with Gasteiger partial charge < -0.3 is 15.2 Å². The van der Waals surface area contributed by atoms with Gasteiger partial charge in [0.15, 0.2) is 11.5 Å². The van der Waals surface area contributed by atoms with Crippen LogP contribution in [0, 0.1) is 6.92 Å². The first-order valence-corrected chi connectivity index (χ1v) is 12.7. The van der Waals surface area contributed by atoms with E-state index in [0.29, 0.717) is 46.7 Å². The lowest BCUT2D eigenvalue weighted by molar-refractivity contribution is -0.142. The minimum Gasteiger partial charge on any atom is -0.492 e. The molecule has 0 fully saturated rings. The molecule has 1 amide bonds. The van der Waals surface area contributed by atoms with Gasteiger partial charge in [-0.1, -0.05) is 0 Å². The summed E-state index contributed by atoms with van der Waals surface area (Å²) < 4.78 is 52.0. The molecule has 0 unspecified atom stereocenters. The Morgan fingerprint density at radius 2 is 1.82 bits per heavy atom. The fraction of sp³-hybridized carbons (Fsp3) is 0.385. The summed E-state index contributed by atoms with van der Waals surface area (Å²) in [6.45, 7) is 1.84. The molecule has 38 heavy (non-hydrogen) atoms. The number of hydrogen-bond acceptors (Lipinski definition) is 7. The summed E-state index contributed by atoms with van der Waals surface area (Å²) in [4.78, 5) is 37.4. The number of carbonyl (C=O) groups is 3. The fourth-order valence-corrected chi connectivity index (χ4v) is 5.76. The molecule has 1 aromatic carbocycles. The number of carbonyl (C=O) groups excluding carboxylic acids is 3. The first-order chi connectivity index (χ1) is 18.0. The summed E-state index contributed by atoms with van der Waals surface area (Å²) in [5, 5.41) is 3.82. The van der Waals surface area contributed by atoms with Gasteiger partial charge >= 0.3 is 12.1 Å². The van der Waals surface area contributed by atoms with Crippen LogP contribution in [-0.4, -0.2) is 41.2 Å². The second kappa shape index (κ2) is 11.0. The zero-order valence-electron chi connectivity index (χ0n) is 20.8. The van der Waals surface area contributed by atoms with Gasteiger partial charge in [-0.3, -0.25) is 14.3 Å². The number of nitrogens with zero attached hydrogens (tertiary/aromatic N) is 2. The Bertz CT molecular complexity index is 1380. The summed E-state index contributed by atoms with van der Waals surface area (Å²) in [5.41, 5.74) is 6.37. The summed E-state index contributed by atoms with van der Waals surface area (Å²) in [6, 6.07) is 6.29. The van der Waals surface area contributed by atoms with E-state index in [2.05, 4.69) is 5.10 Å². The first-order valence-electron chi connectivity index (χ1n) is 11.9. The standard InChI is InChI=1S/C26H26F3N3O5S/c1-14-21(25(35)36-2)20(38-22(14)24(30)34)13-19(33)15-7-9-16(10-8-15)37-12-11-32-18-6-4-3-5-17(18)23(31-32)26(27,28)29/h7-10H,3-6,11-13H2,1-2H3,(H2,30,34). The molecule has 8 nitrogen and oxygen atoms in total. The third-order valence-electron chi connectivity index (χ3n) is 6.43. The fourth-order valence-electron chi connectivity index (χ4n) is 4.62. The number of alkyl halides is 3. The second-order valence-corrected chi connectivity index (χ2v) is 9.99. The molecule has 3 aromatic rings. The molecule has 1 aliphatic rings. The van der Waals surface area contributed by atoms with Gasteiger partial charge in [-0.15, -0.1) is 11.3 Å². The summed E-state index contributed by atoms with van der Waals surface area (Å²) >= 11 is 0.986. The van der Waals surface area contributed by atoms with Crippen molar-refractivity contribution in [3.8, 4) is 5.75 Å². The van der Waals surface area contributed by atoms with E-state index in [1.165, 1.54) is 11.8 Å². The minimum absolute atomic E-state index is 0.103. The average molecular weight is 550 g/mol. The van der Waals surface area contributed by atoms with Gasteiger partial charge in [0.05, 0.1) is 24.1 Å². The minimum atomic E-state index is -4.49. The number of halogens is 3. The van der Waals surface area contributed by atoms with Crippen molar-refractivity contribution in [2.24, 2.45) is 5.73 Å². The number of hydrogen-bond donors (Lipinski definition) is 1. The molecular weight excluding hydrogens is 523 g/mol. The highest BCUT2D eigenvalue weighted by atomic mass is 32.1. The smallest absolute Gasteiger partial charge is 0.435 e. The molecule has 2 aromatic heterocycles. The van der Waals surface area contributed by atoms with Gasteiger partial charge in [0, 0.05) is 28.1 Å². The summed E-state index contributed by atoms with van der Waals surface area (Å²) in [6.07, 6.45) is -2.16. The van der Waals surface area contributed by atoms with Gasteiger partial charge in [0.2, 0.25) is 0 Å². The van der Waals surface area contributed by atoms with Crippen LogP contribution in [0.5, 0.6) is 5.75 Å². The van der Waals surface area contributed by atoms with Crippen LogP contribution in [0.3, 0.4) is 0 Å². The van der Waals surface area contributed by atoms with Crippen molar-refractivity contribution in [3.05, 3.63) is 67.7 Å².